The maximum Gasteiger partial charge on any atom is 0.211 e. The maximum atomic E-state index is 12.1. The van der Waals surface area contributed by atoms with Crippen molar-refractivity contribution in [1.29, 1.82) is 0 Å². The van der Waals surface area contributed by atoms with Gasteiger partial charge in [-0.3, -0.25) is 4.79 Å². The van der Waals surface area contributed by atoms with Crippen molar-refractivity contribution in [3.63, 3.8) is 0 Å². The molecule has 1 aliphatic heterocycles. The van der Waals surface area contributed by atoms with Crippen LogP contribution in [0.4, 0.5) is 0 Å². The molecule has 19 heavy (non-hydrogen) atoms. The number of rotatable bonds is 4. The van der Waals surface area contributed by atoms with E-state index < -0.39 is 10.0 Å². The van der Waals surface area contributed by atoms with E-state index in [2.05, 4.69) is 0 Å². The lowest BCUT2D eigenvalue weighted by molar-refractivity contribution is 0.0957. The molecule has 1 saturated heterocycles. The number of hydrogen-bond donors (Lipinski definition) is 0. The van der Waals surface area contributed by atoms with E-state index in [0.29, 0.717) is 13.0 Å². The van der Waals surface area contributed by atoms with E-state index >= 15 is 0 Å². The topological polar surface area (TPSA) is 54.5 Å². The van der Waals surface area contributed by atoms with E-state index in [0.717, 1.165) is 30.6 Å². The molecule has 0 spiro atoms. The summed E-state index contributed by atoms with van der Waals surface area (Å²) < 4.78 is 25.2. The molecule has 1 aromatic rings. The van der Waals surface area contributed by atoms with E-state index in [1.165, 1.54) is 21.9 Å². The number of carbonyl (C=O) groups is 1. The van der Waals surface area contributed by atoms with E-state index in [9.17, 15) is 13.2 Å². The molecule has 1 atom stereocenters. The van der Waals surface area contributed by atoms with Crippen LogP contribution in [0.3, 0.4) is 0 Å². The zero-order valence-electron chi connectivity index (χ0n) is 11.0. The predicted molar refractivity (Wildman–Crippen MR) is 77.1 cm³/mol. The minimum absolute atomic E-state index is 0.0514. The highest BCUT2D eigenvalue weighted by Gasteiger charge is 2.30. The van der Waals surface area contributed by atoms with Gasteiger partial charge in [-0.25, -0.2) is 8.42 Å². The normalized spacial score (nSPS) is 22.1. The van der Waals surface area contributed by atoms with Crippen LogP contribution in [0.2, 0.25) is 0 Å². The summed E-state index contributed by atoms with van der Waals surface area (Å²) in [5.41, 5.74) is 0. The average molecular weight is 301 g/mol. The molecule has 4 nitrogen and oxygen atoms in total. The Bertz CT molecular complexity index is 522. The molecule has 2 rings (SSSR count). The molecule has 0 N–H and O–H groups in total. The molecule has 0 bridgehead atoms. The molecular weight excluding hydrogens is 282 g/mol. The summed E-state index contributed by atoms with van der Waals surface area (Å²) >= 11 is 1.42. The zero-order valence-corrected chi connectivity index (χ0v) is 12.7. The van der Waals surface area contributed by atoms with Gasteiger partial charge in [0, 0.05) is 19.0 Å². The van der Waals surface area contributed by atoms with Gasteiger partial charge in [0.2, 0.25) is 10.0 Å². The third-order valence-corrected chi connectivity index (χ3v) is 5.71. The van der Waals surface area contributed by atoms with Crippen LogP contribution in [0.1, 0.15) is 41.8 Å². The number of thiophene rings is 1. The van der Waals surface area contributed by atoms with Gasteiger partial charge in [-0.2, -0.15) is 4.31 Å². The molecule has 6 heteroatoms. The van der Waals surface area contributed by atoms with Crippen molar-refractivity contribution in [2.75, 3.05) is 12.8 Å². The zero-order chi connectivity index (χ0) is 13.9. The number of sulfonamides is 1. The summed E-state index contributed by atoms with van der Waals surface area (Å²) in [6, 6.07) is 3.47. The molecule has 2 heterocycles. The van der Waals surface area contributed by atoms with Crippen LogP contribution in [0, 0.1) is 0 Å². The fourth-order valence-electron chi connectivity index (χ4n) is 2.54. The predicted octanol–water partition coefficient (Wildman–Crippen LogP) is 2.53. The van der Waals surface area contributed by atoms with Gasteiger partial charge in [0.1, 0.15) is 0 Å². The first-order valence-corrected chi connectivity index (χ1v) is 9.25. The molecular formula is C13H19NO3S2. The SMILES string of the molecule is CS(=O)(=O)N1CCCCC[C@@H]1CC(=O)c1cccs1. The highest BCUT2D eigenvalue weighted by molar-refractivity contribution is 7.88. The number of Topliss-reactive ketones (excluding diaryl/α,β-unsaturated/α-hetero) is 1. The third-order valence-electron chi connectivity index (χ3n) is 3.47. The van der Waals surface area contributed by atoms with Crippen molar-refractivity contribution in [3.8, 4) is 0 Å². The van der Waals surface area contributed by atoms with E-state index in [-0.39, 0.29) is 11.8 Å². The Balaban J connectivity index is 2.13. The molecule has 0 radical (unpaired) electrons. The van der Waals surface area contributed by atoms with Crippen molar-refractivity contribution in [2.45, 2.75) is 38.1 Å². The van der Waals surface area contributed by atoms with Gasteiger partial charge in [0.05, 0.1) is 11.1 Å². The fourth-order valence-corrected chi connectivity index (χ4v) is 4.40. The quantitative estimate of drug-likeness (QED) is 0.803. The first-order valence-electron chi connectivity index (χ1n) is 6.52. The lowest BCUT2D eigenvalue weighted by Gasteiger charge is -2.27. The van der Waals surface area contributed by atoms with Crippen LogP contribution in [0.5, 0.6) is 0 Å². The summed E-state index contributed by atoms with van der Waals surface area (Å²) in [5.74, 6) is 0.0514. The third kappa shape index (κ3) is 3.87. The van der Waals surface area contributed by atoms with Crippen molar-refractivity contribution < 1.29 is 13.2 Å². The number of carbonyl (C=O) groups excluding carboxylic acids is 1. The maximum absolute atomic E-state index is 12.1. The lowest BCUT2D eigenvalue weighted by atomic mass is 10.0. The summed E-state index contributed by atoms with van der Waals surface area (Å²) in [6.07, 6.45) is 5.24. The molecule has 0 unspecified atom stereocenters. The first-order chi connectivity index (χ1) is 8.98. The number of ketones is 1. The summed E-state index contributed by atoms with van der Waals surface area (Å²) in [5, 5.41) is 1.87. The monoisotopic (exact) mass is 301 g/mol. The second kappa shape index (κ2) is 6.15. The molecule has 0 saturated carbocycles. The Labute approximate surface area is 118 Å². The minimum Gasteiger partial charge on any atom is -0.293 e. The van der Waals surface area contributed by atoms with Crippen molar-refractivity contribution >= 4 is 27.1 Å². The van der Waals surface area contributed by atoms with Gasteiger partial charge in [-0.05, 0) is 24.3 Å². The van der Waals surface area contributed by atoms with E-state index in [1.807, 2.05) is 11.4 Å². The Morgan fingerprint density at radius 2 is 2.21 bits per heavy atom. The molecule has 0 amide bonds. The largest absolute Gasteiger partial charge is 0.293 e. The lowest BCUT2D eigenvalue weighted by Crippen LogP contribution is -2.40. The second-order valence-electron chi connectivity index (χ2n) is 4.98. The van der Waals surface area contributed by atoms with Crippen LogP contribution >= 0.6 is 11.3 Å². The Kier molecular flexibility index (Phi) is 4.76. The standard InChI is InChI=1S/C13H19NO3S2/c1-19(16,17)14-8-4-2-3-6-11(14)10-12(15)13-7-5-9-18-13/h5,7,9,11H,2-4,6,8,10H2,1H3/t11-/m1/s1. The van der Waals surface area contributed by atoms with Crippen LogP contribution < -0.4 is 0 Å². The van der Waals surface area contributed by atoms with Gasteiger partial charge in [-0.15, -0.1) is 11.3 Å². The average Bonchev–Trinajstić information content (AvgIpc) is 2.75. The van der Waals surface area contributed by atoms with Crippen LogP contribution in [0.25, 0.3) is 0 Å². The summed E-state index contributed by atoms with van der Waals surface area (Å²) in [6.45, 7) is 0.543. The number of nitrogens with zero attached hydrogens (tertiary/aromatic N) is 1. The van der Waals surface area contributed by atoms with Gasteiger partial charge in [0.15, 0.2) is 5.78 Å². The smallest absolute Gasteiger partial charge is 0.211 e. The molecule has 1 aromatic heterocycles. The molecule has 0 aromatic carbocycles. The Hall–Kier alpha value is -0.720. The molecule has 106 valence electrons. The Morgan fingerprint density at radius 1 is 1.42 bits per heavy atom. The first kappa shape index (κ1) is 14.7. The fraction of sp³-hybridized carbons (Fsp3) is 0.615. The van der Waals surface area contributed by atoms with Crippen molar-refractivity contribution in [3.05, 3.63) is 22.4 Å². The van der Waals surface area contributed by atoms with Gasteiger partial charge in [-0.1, -0.05) is 18.9 Å². The van der Waals surface area contributed by atoms with Crippen LogP contribution in [0.15, 0.2) is 17.5 Å². The molecule has 1 fully saturated rings. The van der Waals surface area contributed by atoms with E-state index in [4.69, 9.17) is 0 Å². The summed E-state index contributed by atoms with van der Waals surface area (Å²) in [7, 11) is -3.23. The van der Waals surface area contributed by atoms with Crippen LogP contribution in [-0.2, 0) is 10.0 Å². The van der Waals surface area contributed by atoms with Crippen molar-refractivity contribution in [2.24, 2.45) is 0 Å². The van der Waals surface area contributed by atoms with Gasteiger partial charge < -0.3 is 0 Å². The summed E-state index contributed by atoms with van der Waals surface area (Å²) in [4.78, 5) is 12.9. The van der Waals surface area contributed by atoms with Crippen LogP contribution in [-0.4, -0.2) is 37.3 Å². The minimum atomic E-state index is -3.23. The highest BCUT2D eigenvalue weighted by Crippen LogP contribution is 2.24. The highest BCUT2D eigenvalue weighted by atomic mass is 32.2. The molecule has 1 aliphatic rings. The van der Waals surface area contributed by atoms with E-state index in [1.54, 1.807) is 6.07 Å². The number of hydrogen-bond acceptors (Lipinski definition) is 4. The molecule has 0 aliphatic carbocycles. The van der Waals surface area contributed by atoms with Gasteiger partial charge >= 0.3 is 0 Å². The van der Waals surface area contributed by atoms with Crippen molar-refractivity contribution in [1.82, 2.24) is 4.31 Å². The Morgan fingerprint density at radius 3 is 2.84 bits per heavy atom. The second-order valence-corrected chi connectivity index (χ2v) is 7.86. The van der Waals surface area contributed by atoms with Gasteiger partial charge in [0.25, 0.3) is 0 Å².